The van der Waals surface area contributed by atoms with Gasteiger partial charge in [0, 0.05) is 31.4 Å². The van der Waals surface area contributed by atoms with Gasteiger partial charge >= 0.3 is 0 Å². The number of carbonyl (C=O) groups excluding carboxylic acids is 1. The maximum Gasteiger partial charge on any atom is 0.254 e. The van der Waals surface area contributed by atoms with Gasteiger partial charge in [-0.15, -0.1) is 0 Å². The van der Waals surface area contributed by atoms with Crippen molar-refractivity contribution in [3.05, 3.63) is 46.9 Å². The Labute approximate surface area is 146 Å². The van der Waals surface area contributed by atoms with E-state index >= 15 is 0 Å². The first kappa shape index (κ1) is 16.9. The Morgan fingerprint density at radius 1 is 1.33 bits per heavy atom. The van der Waals surface area contributed by atoms with Crippen LogP contribution in [0.1, 0.15) is 18.5 Å². The van der Waals surface area contributed by atoms with E-state index < -0.39 is 6.04 Å². The summed E-state index contributed by atoms with van der Waals surface area (Å²) >= 11 is 5.34. The first-order chi connectivity index (χ1) is 11.5. The topological polar surface area (TPSA) is 44.8 Å². The van der Waals surface area contributed by atoms with Crippen LogP contribution in [0.5, 0.6) is 0 Å². The minimum atomic E-state index is -0.592. The summed E-state index contributed by atoms with van der Waals surface area (Å²) in [6.07, 6.45) is 0. The molecule has 2 heterocycles. The molecule has 0 saturated carbocycles. The second-order valence-corrected chi connectivity index (χ2v) is 6.25. The lowest BCUT2D eigenvalue weighted by atomic mass is 9.93. The average molecular weight is 349 g/mol. The van der Waals surface area contributed by atoms with Crippen molar-refractivity contribution >= 4 is 23.2 Å². The van der Waals surface area contributed by atoms with Crippen LogP contribution in [0.2, 0.25) is 0 Å². The normalized spacial score (nSPS) is 21.8. The standard InChI is InChI=1S/C17H20FN3O2S/c1-11-14(16(22)21-7-9-23-10-8-21)15(19-17(24)20(11)2)12-5-3-4-6-13(12)18/h3-6,15H,7-10H2,1-2H3,(H,19,24). The molecule has 1 aromatic carbocycles. The van der Waals surface area contributed by atoms with Gasteiger partial charge in [-0.3, -0.25) is 4.79 Å². The highest BCUT2D eigenvalue weighted by atomic mass is 32.1. The maximum atomic E-state index is 14.3. The van der Waals surface area contributed by atoms with E-state index in [0.29, 0.717) is 42.6 Å². The summed E-state index contributed by atoms with van der Waals surface area (Å²) in [5.74, 6) is -0.465. The number of amides is 1. The molecule has 1 aromatic rings. The average Bonchev–Trinajstić information content (AvgIpc) is 2.60. The van der Waals surface area contributed by atoms with Crippen molar-refractivity contribution in [1.29, 1.82) is 0 Å². The quantitative estimate of drug-likeness (QED) is 0.825. The number of allylic oxidation sites excluding steroid dienone is 1. The van der Waals surface area contributed by atoms with Crippen LogP contribution in [-0.2, 0) is 9.53 Å². The number of benzene rings is 1. The van der Waals surface area contributed by atoms with E-state index in [1.807, 2.05) is 6.92 Å². The first-order valence-electron chi connectivity index (χ1n) is 7.87. The predicted octanol–water partition coefficient (Wildman–Crippen LogP) is 1.82. The second-order valence-electron chi connectivity index (χ2n) is 5.87. The molecule has 3 rings (SSSR count). The molecule has 1 amide bonds. The van der Waals surface area contributed by atoms with E-state index in [1.54, 1.807) is 35.0 Å². The highest BCUT2D eigenvalue weighted by molar-refractivity contribution is 7.80. The molecule has 2 aliphatic rings. The summed E-state index contributed by atoms with van der Waals surface area (Å²) in [6, 6.07) is 5.87. The summed E-state index contributed by atoms with van der Waals surface area (Å²) in [6.45, 7) is 3.95. The Kier molecular flexibility index (Phi) is 4.82. The number of nitrogens with one attached hydrogen (secondary N) is 1. The highest BCUT2D eigenvalue weighted by Gasteiger charge is 2.36. The third-order valence-corrected chi connectivity index (χ3v) is 4.89. The molecule has 5 nitrogen and oxygen atoms in total. The SMILES string of the molecule is CC1=C(C(=O)N2CCOCC2)C(c2ccccc2F)NC(=S)N1C. The fourth-order valence-corrected chi connectivity index (χ4v) is 3.25. The van der Waals surface area contributed by atoms with Crippen LogP contribution in [0.4, 0.5) is 4.39 Å². The van der Waals surface area contributed by atoms with E-state index in [2.05, 4.69) is 5.32 Å². The van der Waals surface area contributed by atoms with Crippen molar-refractivity contribution in [3.8, 4) is 0 Å². The van der Waals surface area contributed by atoms with Gasteiger partial charge in [-0.25, -0.2) is 4.39 Å². The number of ether oxygens (including phenoxy) is 1. The number of hydrogen-bond acceptors (Lipinski definition) is 3. The molecule has 128 valence electrons. The molecule has 1 N–H and O–H groups in total. The van der Waals surface area contributed by atoms with E-state index in [1.165, 1.54) is 6.07 Å². The lowest BCUT2D eigenvalue weighted by molar-refractivity contribution is -0.131. The van der Waals surface area contributed by atoms with Crippen LogP contribution in [0, 0.1) is 5.82 Å². The van der Waals surface area contributed by atoms with Gasteiger partial charge in [0.15, 0.2) is 5.11 Å². The van der Waals surface area contributed by atoms with Gasteiger partial charge in [-0.05, 0) is 25.2 Å². The molecule has 1 atom stereocenters. The van der Waals surface area contributed by atoms with Gasteiger partial charge in [-0.2, -0.15) is 0 Å². The Balaban J connectivity index is 2.04. The number of rotatable bonds is 2. The van der Waals surface area contributed by atoms with Crippen LogP contribution in [-0.4, -0.2) is 54.2 Å². The molecule has 0 radical (unpaired) electrons. The molecule has 1 fully saturated rings. The Morgan fingerprint density at radius 3 is 2.67 bits per heavy atom. The van der Waals surface area contributed by atoms with E-state index in [0.717, 1.165) is 5.70 Å². The third kappa shape index (κ3) is 3.01. The van der Waals surface area contributed by atoms with Crippen LogP contribution in [0.3, 0.4) is 0 Å². The minimum Gasteiger partial charge on any atom is -0.378 e. The van der Waals surface area contributed by atoms with Crippen LogP contribution < -0.4 is 5.32 Å². The Morgan fingerprint density at radius 2 is 2.00 bits per heavy atom. The van der Waals surface area contributed by atoms with Crippen molar-refractivity contribution in [3.63, 3.8) is 0 Å². The van der Waals surface area contributed by atoms with Crippen molar-refractivity contribution in [1.82, 2.24) is 15.1 Å². The highest BCUT2D eigenvalue weighted by Crippen LogP contribution is 2.32. The molecule has 7 heteroatoms. The van der Waals surface area contributed by atoms with Gasteiger partial charge < -0.3 is 19.9 Å². The largest absolute Gasteiger partial charge is 0.378 e. The number of halogens is 1. The zero-order valence-electron chi connectivity index (χ0n) is 13.7. The summed E-state index contributed by atoms with van der Waals surface area (Å²) in [5, 5.41) is 3.58. The van der Waals surface area contributed by atoms with Gasteiger partial charge in [0.2, 0.25) is 0 Å². The van der Waals surface area contributed by atoms with Crippen molar-refractivity contribution in [2.75, 3.05) is 33.4 Å². The van der Waals surface area contributed by atoms with Crippen LogP contribution >= 0.6 is 12.2 Å². The number of thiocarbonyl (C=S) groups is 1. The summed E-state index contributed by atoms with van der Waals surface area (Å²) in [5.41, 5.74) is 1.69. The first-order valence-corrected chi connectivity index (χ1v) is 8.28. The molecule has 0 aromatic heterocycles. The summed E-state index contributed by atoms with van der Waals surface area (Å²) < 4.78 is 19.7. The molecule has 2 aliphatic heterocycles. The van der Waals surface area contributed by atoms with Gasteiger partial charge in [0.05, 0.1) is 24.8 Å². The molecule has 24 heavy (non-hydrogen) atoms. The van der Waals surface area contributed by atoms with Crippen molar-refractivity contribution in [2.45, 2.75) is 13.0 Å². The van der Waals surface area contributed by atoms with E-state index in [-0.39, 0.29) is 11.7 Å². The Bertz CT molecular complexity index is 701. The lowest BCUT2D eigenvalue weighted by Crippen LogP contribution is -2.50. The predicted molar refractivity (Wildman–Crippen MR) is 92.7 cm³/mol. The summed E-state index contributed by atoms with van der Waals surface area (Å²) in [7, 11) is 1.80. The third-order valence-electron chi connectivity index (χ3n) is 4.50. The van der Waals surface area contributed by atoms with Crippen molar-refractivity contribution < 1.29 is 13.9 Å². The van der Waals surface area contributed by atoms with Gasteiger partial charge in [0.1, 0.15) is 5.82 Å². The van der Waals surface area contributed by atoms with E-state index in [4.69, 9.17) is 17.0 Å². The monoisotopic (exact) mass is 349 g/mol. The smallest absolute Gasteiger partial charge is 0.254 e. The van der Waals surface area contributed by atoms with E-state index in [9.17, 15) is 9.18 Å². The molecule has 1 saturated heterocycles. The van der Waals surface area contributed by atoms with Gasteiger partial charge in [-0.1, -0.05) is 18.2 Å². The van der Waals surface area contributed by atoms with Crippen LogP contribution in [0.25, 0.3) is 0 Å². The van der Waals surface area contributed by atoms with Crippen LogP contribution in [0.15, 0.2) is 35.5 Å². The zero-order valence-corrected chi connectivity index (χ0v) is 14.5. The molecule has 0 bridgehead atoms. The molecule has 1 unspecified atom stereocenters. The number of morpholine rings is 1. The molecule has 0 aliphatic carbocycles. The number of carbonyl (C=O) groups is 1. The summed E-state index contributed by atoms with van der Waals surface area (Å²) in [4.78, 5) is 16.6. The lowest BCUT2D eigenvalue weighted by Gasteiger charge is -2.38. The second kappa shape index (κ2) is 6.86. The number of nitrogens with zero attached hydrogens (tertiary/aromatic N) is 2. The molecular formula is C17H20FN3O2S. The molecule has 0 spiro atoms. The van der Waals surface area contributed by atoms with Gasteiger partial charge in [0.25, 0.3) is 5.91 Å². The fourth-order valence-electron chi connectivity index (χ4n) is 2.99. The Hall–Kier alpha value is -1.99. The van der Waals surface area contributed by atoms with Crippen molar-refractivity contribution in [2.24, 2.45) is 0 Å². The minimum absolute atomic E-state index is 0.106. The maximum absolute atomic E-state index is 14.3. The fraction of sp³-hybridized carbons (Fsp3) is 0.412. The number of hydrogen-bond donors (Lipinski definition) is 1. The zero-order chi connectivity index (χ0) is 17.3. The molecular weight excluding hydrogens is 329 g/mol.